The summed E-state index contributed by atoms with van der Waals surface area (Å²) in [5.41, 5.74) is 3.40. The van der Waals surface area contributed by atoms with Crippen molar-refractivity contribution in [3.8, 4) is 0 Å². The number of carboxylic acid groups (broad SMARTS) is 1. The Hall–Kier alpha value is -2.80. The molecule has 0 radical (unpaired) electrons. The molecule has 1 aromatic heterocycles. The van der Waals surface area contributed by atoms with Crippen LogP contribution in [0, 0.1) is 0 Å². The number of benzene rings is 2. The molecule has 1 N–H and O–H groups in total. The number of hydrogen-bond acceptors (Lipinski definition) is 6. The minimum absolute atomic E-state index is 0.319. The molecule has 3 aromatic rings. The maximum absolute atomic E-state index is 11.7. The summed E-state index contributed by atoms with van der Waals surface area (Å²) in [5, 5.41) is 9.58. The first kappa shape index (κ1) is 16.1. The first-order valence-electron chi connectivity index (χ1n) is 7.21. The van der Waals surface area contributed by atoms with Gasteiger partial charge in [-0.25, -0.2) is 4.79 Å². The molecule has 0 aliphatic rings. The fourth-order valence-electron chi connectivity index (χ4n) is 2.49. The number of carbonyl (C=O) groups is 2. The zero-order chi connectivity index (χ0) is 17.1. The van der Waals surface area contributed by atoms with Crippen LogP contribution in [0.3, 0.4) is 0 Å². The second kappa shape index (κ2) is 6.76. The number of hydrogen-bond donors (Lipinski definition) is 1. The second-order valence-corrected chi connectivity index (χ2v) is 5.82. The normalized spacial score (nSPS) is 12.0. The molecule has 0 spiro atoms. The van der Waals surface area contributed by atoms with Crippen LogP contribution < -0.4 is 0 Å². The lowest BCUT2D eigenvalue weighted by molar-refractivity contribution is -0.138. The minimum atomic E-state index is -0.908. The van der Waals surface area contributed by atoms with E-state index >= 15 is 0 Å². The smallest absolute Gasteiger partial charge is 0.337 e. The predicted molar refractivity (Wildman–Crippen MR) is 89.3 cm³/mol. The van der Waals surface area contributed by atoms with E-state index in [1.165, 1.54) is 7.11 Å². The van der Waals surface area contributed by atoms with Crippen molar-refractivity contribution in [3.63, 3.8) is 0 Å². The molecule has 0 saturated heterocycles. The monoisotopic (exact) mass is 342 g/mol. The molecule has 7 heteroatoms. The first-order valence-corrected chi connectivity index (χ1v) is 7.94. The molecule has 0 bridgehead atoms. The number of rotatable bonds is 5. The maximum atomic E-state index is 11.7. The number of methoxy groups -OCH3 is 1. The maximum Gasteiger partial charge on any atom is 0.337 e. The van der Waals surface area contributed by atoms with E-state index in [0.717, 1.165) is 22.8 Å². The zero-order valence-electron chi connectivity index (χ0n) is 12.8. The summed E-state index contributed by atoms with van der Waals surface area (Å²) in [7, 11) is 1.32. The molecule has 2 aromatic carbocycles. The van der Waals surface area contributed by atoms with Crippen molar-refractivity contribution in [2.45, 2.75) is 12.3 Å². The van der Waals surface area contributed by atoms with Crippen molar-refractivity contribution >= 4 is 34.7 Å². The van der Waals surface area contributed by atoms with Crippen molar-refractivity contribution in [1.29, 1.82) is 0 Å². The van der Waals surface area contributed by atoms with Gasteiger partial charge in [0.15, 0.2) is 0 Å². The molecule has 0 aliphatic carbocycles. The Bertz CT molecular complexity index is 889. The Kier molecular flexibility index (Phi) is 4.52. The van der Waals surface area contributed by atoms with Gasteiger partial charge in [-0.3, -0.25) is 4.79 Å². The molecule has 0 saturated carbocycles. The Balaban J connectivity index is 1.86. The van der Waals surface area contributed by atoms with Crippen molar-refractivity contribution in [2.75, 3.05) is 7.11 Å². The highest BCUT2D eigenvalue weighted by atomic mass is 32.1. The lowest BCUT2D eigenvalue weighted by Crippen LogP contribution is -2.14. The van der Waals surface area contributed by atoms with Gasteiger partial charge in [-0.2, -0.15) is 8.75 Å². The molecule has 0 amide bonds. The lowest BCUT2D eigenvalue weighted by atomic mass is 9.91. The predicted octanol–water partition coefficient (Wildman–Crippen LogP) is 2.89. The third-order valence-electron chi connectivity index (χ3n) is 3.79. The fraction of sp³-hybridized carbons (Fsp3) is 0.176. The summed E-state index contributed by atoms with van der Waals surface area (Å²) in [4.78, 5) is 23.1. The molecule has 0 aliphatic heterocycles. The zero-order valence-corrected chi connectivity index (χ0v) is 13.6. The SMILES string of the molecule is COC(=O)c1ccc(CC(C(=O)O)c2ccc3nsnc3c2)cc1. The Morgan fingerprint density at radius 1 is 1.12 bits per heavy atom. The highest BCUT2D eigenvalue weighted by Crippen LogP contribution is 2.25. The summed E-state index contributed by atoms with van der Waals surface area (Å²) in [6, 6.07) is 12.1. The Morgan fingerprint density at radius 2 is 1.83 bits per heavy atom. The van der Waals surface area contributed by atoms with E-state index in [0.29, 0.717) is 23.1 Å². The summed E-state index contributed by atoms with van der Waals surface area (Å²) in [5.74, 6) is -2.02. The van der Waals surface area contributed by atoms with Crippen LogP contribution in [-0.2, 0) is 16.0 Å². The molecule has 1 heterocycles. The average Bonchev–Trinajstić information content (AvgIpc) is 3.06. The first-order chi connectivity index (χ1) is 11.6. The molecule has 122 valence electrons. The average molecular weight is 342 g/mol. The van der Waals surface area contributed by atoms with Gasteiger partial charge in [-0.1, -0.05) is 18.2 Å². The van der Waals surface area contributed by atoms with Gasteiger partial charge in [0.05, 0.1) is 30.3 Å². The van der Waals surface area contributed by atoms with Gasteiger partial charge >= 0.3 is 11.9 Å². The van der Waals surface area contributed by atoms with Gasteiger partial charge in [0.2, 0.25) is 0 Å². The van der Waals surface area contributed by atoms with Crippen LogP contribution >= 0.6 is 11.7 Å². The van der Waals surface area contributed by atoms with E-state index in [1.807, 2.05) is 0 Å². The number of ether oxygens (including phenoxy) is 1. The molecule has 1 unspecified atom stereocenters. The van der Waals surface area contributed by atoms with Crippen LogP contribution in [-0.4, -0.2) is 32.9 Å². The lowest BCUT2D eigenvalue weighted by Gasteiger charge is -2.13. The fourth-order valence-corrected chi connectivity index (χ4v) is 3.01. The minimum Gasteiger partial charge on any atom is -0.481 e. The van der Waals surface area contributed by atoms with E-state index in [2.05, 4.69) is 13.5 Å². The number of carbonyl (C=O) groups excluding carboxylic acids is 1. The van der Waals surface area contributed by atoms with E-state index in [1.54, 1.807) is 42.5 Å². The number of carboxylic acids is 1. The van der Waals surface area contributed by atoms with Crippen molar-refractivity contribution in [1.82, 2.24) is 8.75 Å². The van der Waals surface area contributed by atoms with Crippen LogP contribution in [0.15, 0.2) is 42.5 Å². The van der Waals surface area contributed by atoms with Crippen molar-refractivity contribution in [3.05, 3.63) is 59.2 Å². The Morgan fingerprint density at radius 3 is 2.50 bits per heavy atom. The van der Waals surface area contributed by atoms with Crippen molar-refractivity contribution < 1.29 is 19.4 Å². The third kappa shape index (κ3) is 3.26. The largest absolute Gasteiger partial charge is 0.481 e. The van der Waals surface area contributed by atoms with Gasteiger partial charge < -0.3 is 9.84 Å². The summed E-state index contributed by atoms with van der Waals surface area (Å²) >= 11 is 1.10. The molecular formula is C17H14N2O4S. The molecular weight excluding hydrogens is 328 g/mol. The quantitative estimate of drug-likeness (QED) is 0.717. The molecule has 1 atom stereocenters. The van der Waals surface area contributed by atoms with Crippen LogP contribution in [0.1, 0.15) is 27.4 Å². The number of esters is 1. The number of nitrogens with zero attached hydrogens (tertiary/aromatic N) is 2. The van der Waals surface area contributed by atoms with E-state index < -0.39 is 17.9 Å². The number of aromatic nitrogens is 2. The van der Waals surface area contributed by atoms with Gasteiger partial charge in [0, 0.05) is 0 Å². The standard InChI is InChI=1S/C17H14N2O4S/c1-23-17(22)11-4-2-10(3-5-11)8-13(16(20)21)12-6-7-14-15(9-12)19-24-18-14/h2-7,9,13H,8H2,1H3,(H,20,21). The highest BCUT2D eigenvalue weighted by molar-refractivity contribution is 7.00. The molecule has 0 fully saturated rings. The molecule has 6 nitrogen and oxygen atoms in total. The van der Waals surface area contributed by atoms with E-state index in [9.17, 15) is 14.7 Å². The van der Waals surface area contributed by atoms with Crippen LogP contribution in [0.2, 0.25) is 0 Å². The topological polar surface area (TPSA) is 89.4 Å². The summed E-state index contributed by atoms with van der Waals surface area (Å²) in [6.45, 7) is 0. The van der Waals surface area contributed by atoms with Gasteiger partial charge in [0.1, 0.15) is 11.0 Å². The van der Waals surface area contributed by atoms with Crippen molar-refractivity contribution in [2.24, 2.45) is 0 Å². The number of fused-ring (bicyclic) bond motifs is 1. The van der Waals surface area contributed by atoms with Gasteiger partial charge in [-0.05, 0) is 41.8 Å². The van der Waals surface area contributed by atoms with Gasteiger partial charge in [-0.15, -0.1) is 0 Å². The van der Waals surface area contributed by atoms with E-state index in [-0.39, 0.29) is 0 Å². The number of aliphatic carboxylic acids is 1. The molecule has 24 heavy (non-hydrogen) atoms. The van der Waals surface area contributed by atoms with E-state index in [4.69, 9.17) is 0 Å². The Labute approximate surface area is 142 Å². The highest BCUT2D eigenvalue weighted by Gasteiger charge is 2.21. The summed E-state index contributed by atoms with van der Waals surface area (Å²) in [6.07, 6.45) is 0.319. The summed E-state index contributed by atoms with van der Waals surface area (Å²) < 4.78 is 12.9. The van der Waals surface area contributed by atoms with Crippen LogP contribution in [0.5, 0.6) is 0 Å². The molecule has 3 rings (SSSR count). The second-order valence-electron chi connectivity index (χ2n) is 5.30. The third-order valence-corrected chi connectivity index (χ3v) is 4.35. The van der Waals surface area contributed by atoms with Crippen LogP contribution in [0.4, 0.5) is 0 Å². The van der Waals surface area contributed by atoms with Crippen LogP contribution in [0.25, 0.3) is 11.0 Å². The van der Waals surface area contributed by atoms with Gasteiger partial charge in [0.25, 0.3) is 0 Å².